The van der Waals surface area contributed by atoms with Gasteiger partial charge < -0.3 is 14.6 Å². The number of hydrogen-bond donors (Lipinski definition) is 1. The molecule has 1 aliphatic rings. The Hall–Kier alpha value is -2.62. The summed E-state index contributed by atoms with van der Waals surface area (Å²) in [4.78, 5) is 9.08. The zero-order valence-electron chi connectivity index (χ0n) is 22.3. The largest absolute Gasteiger partial charge is 0.494 e. The van der Waals surface area contributed by atoms with Crippen molar-refractivity contribution in [2.24, 2.45) is 0 Å². The van der Waals surface area contributed by atoms with Gasteiger partial charge in [-0.1, -0.05) is 42.0 Å². The molecular weight excluding hydrogens is 463 g/mol. The van der Waals surface area contributed by atoms with E-state index in [4.69, 9.17) is 19.2 Å². The number of benzene rings is 2. The normalized spacial score (nSPS) is 18.4. The molecule has 2 unspecified atom stereocenters. The second-order valence-corrected chi connectivity index (χ2v) is 10.5. The van der Waals surface area contributed by atoms with Gasteiger partial charge in [0.15, 0.2) is 6.29 Å². The molecule has 1 fully saturated rings. The van der Waals surface area contributed by atoms with E-state index in [1.54, 1.807) is 0 Å². The second kappa shape index (κ2) is 10.4. The van der Waals surface area contributed by atoms with Crippen LogP contribution in [0.15, 0.2) is 48.7 Å². The van der Waals surface area contributed by atoms with E-state index in [1.807, 2.05) is 13.2 Å². The monoisotopic (exact) mass is 499 g/mol. The van der Waals surface area contributed by atoms with Crippen molar-refractivity contribution in [2.45, 2.75) is 77.7 Å². The predicted octanol–water partition coefficient (Wildman–Crippen LogP) is 4.68. The molecule has 1 aliphatic heterocycles. The van der Waals surface area contributed by atoms with Crippen LogP contribution in [-0.4, -0.2) is 53.4 Å². The Balaban J connectivity index is 0.000000538. The van der Waals surface area contributed by atoms with Crippen LogP contribution in [0.1, 0.15) is 58.7 Å². The fraction of sp³-hybridized carbons (Fsp3) is 0.481. The van der Waals surface area contributed by atoms with E-state index in [9.17, 15) is 8.78 Å². The third-order valence-corrected chi connectivity index (χ3v) is 6.96. The molecule has 0 spiro atoms. The zero-order chi connectivity index (χ0) is 26.9. The van der Waals surface area contributed by atoms with Crippen molar-refractivity contribution in [2.75, 3.05) is 7.05 Å². The average Bonchev–Trinajstić information content (AvgIpc) is 3.31. The third kappa shape index (κ3) is 6.02. The number of likely N-dealkylation sites (N-methyl/N-ethyl adjacent to an activating group) is 1. The molecule has 1 N–H and O–H groups in total. The Bertz CT molecular complexity index is 1170. The molecule has 1 aromatic heterocycles. The van der Waals surface area contributed by atoms with Gasteiger partial charge in [-0.15, -0.1) is 0 Å². The van der Waals surface area contributed by atoms with Crippen LogP contribution in [0.2, 0.25) is 0 Å². The molecule has 0 saturated carbocycles. The van der Waals surface area contributed by atoms with E-state index < -0.39 is 12.2 Å². The van der Waals surface area contributed by atoms with Gasteiger partial charge in [-0.05, 0) is 65.7 Å². The Morgan fingerprint density at radius 1 is 1.08 bits per heavy atom. The average molecular weight is 499 g/mol. The minimum Gasteiger partial charge on any atom is -0.399 e. The van der Waals surface area contributed by atoms with Gasteiger partial charge in [0.2, 0.25) is 0 Å². The van der Waals surface area contributed by atoms with Gasteiger partial charge >= 0.3 is 7.12 Å². The standard InChI is InChI=1S/C24H32BN3O2.C3H4F2O/c1-16-8-10-18(11-9-16)22(17(2)26-7)28-21-13-12-20(14-19(21)15-27-28)25-29-23(3,4)24(5,6)30-25;1-3(4,5)2-6/h8-15,17,22,26H,1-7H3;2H,1H3. The van der Waals surface area contributed by atoms with Crippen molar-refractivity contribution < 1.29 is 22.9 Å². The van der Waals surface area contributed by atoms with Crippen LogP contribution in [0.4, 0.5) is 8.78 Å². The van der Waals surface area contributed by atoms with Gasteiger partial charge in [0.05, 0.1) is 29.0 Å². The maximum atomic E-state index is 11.1. The number of aryl methyl sites for hydroxylation is 1. The van der Waals surface area contributed by atoms with E-state index in [0.29, 0.717) is 6.92 Å². The number of aromatic nitrogens is 2. The van der Waals surface area contributed by atoms with Crippen molar-refractivity contribution in [1.82, 2.24) is 15.1 Å². The first-order valence-corrected chi connectivity index (χ1v) is 12.1. The smallest absolute Gasteiger partial charge is 0.399 e. The van der Waals surface area contributed by atoms with Gasteiger partial charge in [-0.25, -0.2) is 0 Å². The maximum Gasteiger partial charge on any atom is 0.494 e. The predicted molar refractivity (Wildman–Crippen MR) is 140 cm³/mol. The number of carbonyl (C=O) groups excluding carboxylic acids is 1. The molecule has 0 aliphatic carbocycles. The van der Waals surface area contributed by atoms with E-state index in [0.717, 1.165) is 16.4 Å². The first kappa shape index (κ1) is 28.0. The number of carbonyl (C=O) groups is 1. The molecule has 2 atom stereocenters. The summed E-state index contributed by atoms with van der Waals surface area (Å²) < 4.78 is 36.7. The molecular formula is C27H36BF2N3O3. The van der Waals surface area contributed by atoms with Crippen LogP contribution in [0.3, 0.4) is 0 Å². The summed E-state index contributed by atoms with van der Waals surface area (Å²) in [6, 6.07) is 15.4. The van der Waals surface area contributed by atoms with Crippen molar-refractivity contribution in [3.05, 3.63) is 59.8 Å². The quantitative estimate of drug-likeness (QED) is 0.394. The Kier molecular flexibility index (Phi) is 8.08. The number of nitrogens with zero attached hydrogens (tertiary/aromatic N) is 2. The Labute approximate surface area is 212 Å². The molecule has 0 bridgehead atoms. The number of alkyl halides is 2. The number of aldehydes is 1. The summed E-state index contributed by atoms with van der Waals surface area (Å²) >= 11 is 0. The van der Waals surface area contributed by atoms with Crippen LogP contribution >= 0.6 is 0 Å². The van der Waals surface area contributed by atoms with Crippen LogP contribution in [0, 0.1) is 6.92 Å². The van der Waals surface area contributed by atoms with Crippen molar-refractivity contribution in [3.63, 3.8) is 0 Å². The molecule has 194 valence electrons. The molecule has 0 radical (unpaired) electrons. The highest BCUT2D eigenvalue weighted by atomic mass is 19.3. The summed E-state index contributed by atoms with van der Waals surface area (Å²) in [5, 5.41) is 9.27. The minimum absolute atomic E-state index is 0.0933. The fourth-order valence-electron chi connectivity index (χ4n) is 3.98. The highest BCUT2D eigenvalue weighted by molar-refractivity contribution is 6.62. The summed E-state index contributed by atoms with van der Waals surface area (Å²) in [7, 11) is 1.63. The molecule has 2 heterocycles. The van der Waals surface area contributed by atoms with Crippen LogP contribution in [0.25, 0.3) is 10.9 Å². The van der Waals surface area contributed by atoms with Crippen molar-refractivity contribution in [3.8, 4) is 0 Å². The molecule has 3 aromatic rings. The SMILES string of the molecule is CC(F)(F)C=O.CNC(C)C(c1ccc(C)cc1)n1ncc2cc(B3OC(C)(C)C(C)(C)O3)ccc21. The Morgan fingerprint density at radius 2 is 1.64 bits per heavy atom. The van der Waals surface area contributed by atoms with Gasteiger partial charge in [0, 0.05) is 18.4 Å². The fourth-order valence-corrected chi connectivity index (χ4v) is 3.98. The number of fused-ring (bicyclic) bond motifs is 1. The van der Waals surface area contributed by atoms with E-state index in [1.165, 1.54) is 11.1 Å². The molecule has 1 saturated heterocycles. The van der Waals surface area contributed by atoms with Gasteiger partial charge in [0.1, 0.15) is 0 Å². The summed E-state index contributed by atoms with van der Waals surface area (Å²) in [6.45, 7) is 13.2. The number of hydrogen-bond acceptors (Lipinski definition) is 5. The van der Waals surface area contributed by atoms with E-state index in [-0.39, 0.29) is 30.4 Å². The van der Waals surface area contributed by atoms with Crippen LogP contribution in [-0.2, 0) is 14.1 Å². The first-order chi connectivity index (χ1) is 16.7. The first-order valence-electron chi connectivity index (χ1n) is 12.1. The minimum atomic E-state index is -3.14. The maximum absolute atomic E-state index is 11.1. The second-order valence-electron chi connectivity index (χ2n) is 10.5. The molecule has 2 aromatic carbocycles. The number of halogens is 2. The zero-order valence-corrected chi connectivity index (χ0v) is 22.3. The van der Waals surface area contributed by atoms with Gasteiger partial charge in [0.25, 0.3) is 5.92 Å². The molecule has 36 heavy (non-hydrogen) atoms. The molecule has 9 heteroatoms. The lowest BCUT2D eigenvalue weighted by atomic mass is 9.78. The lowest BCUT2D eigenvalue weighted by Gasteiger charge is -2.32. The third-order valence-electron chi connectivity index (χ3n) is 6.96. The van der Waals surface area contributed by atoms with Crippen LogP contribution in [0.5, 0.6) is 0 Å². The summed E-state index contributed by atoms with van der Waals surface area (Å²) in [6.07, 6.45) is 1.54. The van der Waals surface area contributed by atoms with Gasteiger partial charge in [-0.2, -0.15) is 13.9 Å². The van der Waals surface area contributed by atoms with Gasteiger partial charge in [-0.3, -0.25) is 9.48 Å². The number of nitrogens with one attached hydrogen (secondary N) is 1. The molecule has 4 rings (SSSR count). The summed E-state index contributed by atoms with van der Waals surface area (Å²) in [5.41, 5.74) is 3.91. The van der Waals surface area contributed by atoms with Crippen molar-refractivity contribution in [1.29, 1.82) is 0 Å². The Morgan fingerprint density at radius 3 is 2.14 bits per heavy atom. The lowest BCUT2D eigenvalue weighted by Crippen LogP contribution is -2.41. The lowest BCUT2D eigenvalue weighted by molar-refractivity contribution is -0.126. The summed E-state index contributed by atoms with van der Waals surface area (Å²) in [5.74, 6) is -3.14. The van der Waals surface area contributed by atoms with Crippen molar-refractivity contribution >= 4 is 29.8 Å². The van der Waals surface area contributed by atoms with Crippen LogP contribution < -0.4 is 10.8 Å². The van der Waals surface area contributed by atoms with E-state index >= 15 is 0 Å². The molecule has 0 amide bonds. The van der Waals surface area contributed by atoms with E-state index in [2.05, 4.69) is 94.0 Å². The number of rotatable bonds is 6. The molecule has 6 nitrogen and oxygen atoms in total. The highest BCUT2D eigenvalue weighted by Crippen LogP contribution is 2.36. The highest BCUT2D eigenvalue weighted by Gasteiger charge is 2.51. The topological polar surface area (TPSA) is 65.4 Å².